The molecular weight excluding hydrogens is 299 g/mol. The lowest BCUT2D eigenvalue weighted by Gasteiger charge is -2.03. The highest BCUT2D eigenvalue weighted by molar-refractivity contribution is 7.71. The molecule has 1 aromatic heterocycles. The summed E-state index contributed by atoms with van der Waals surface area (Å²) < 4.78 is 15.7. The van der Waals surface area contributed by atoms with Gasteiger partial charge in [0.2, 0.25) is 4.77 Å². The summed E-state index contributed by atoms with van der Waals surface area (Å²) >= 11 is 5.17. The third-order valence-electron chi connectivity index (χ3n) is 3.27. The predicted octanol–water partition coefficient (Wildman–Crippen LogP) is 3.94. The van der Waals surface area contributed by atoms with Gasteiger partial charge in [0.25, 0.3) is 0 Å². The van der Waals surface area contributed by atoms with E-state index >= 15 is 0 Å². The summed E-state index contributed by atoms with van der Waals surface area (Å²) in [6.45, 7) is 1.99. The molecule has 0 saturated carbocycles. The monoisotopic (exact) mass is 312 g/mol. The van der Waals surface area contributed by atoms with Crippen molar-refractivity contribution in [3.8, 4) is 11.4 Å². The van der Waals surface area contributed by atoms with E-state index < -0.39 is 0 Å². The van der Waals surface area contributed by atoms with E-state index in [0.717, 1.165) is 11.1 Å². The molecular formula is C16H13FN4S. The average molecular weight is 312 g/mol. The predicted molar refractivity (Wildman–Crippen MR) is 87.0 cm³/mol. The number of H-pyrrole nitrogens is 1. The van der Waals surface area contributed by atoms with Gasteiger partial charge in [-0.3, -0.25) is 0 Å². The first-order chi connectivity index (χ1) is 10.7. The molecule has 2 aromatic carbocycles. The maximum Gasteiger partial charge on any atom is 0.216 e. The van der Waals surface area contributed by atoms with E-state index in [1.54, 1.807) is 24.4 Å². The molecule has 3 aromatic rings. The summed E-state index contributed by atoms with van der Waals surface area (Å²) in [6, 6.07) is 14.2. The molecule has 0 atom stereocenters. The Labute approximate surface area is 131 Å². The molecule has 0 spiro atoms. The summed E-state index contributed by atoms with van der Waals surface area (Å²) in [5.74, 6) is -0.0308. The van der Waals surface area contributed by atoms with Gasteiger partial charge in [0.05, 0.1) is 11.8 Å². The number of halogens is 1. The number of nitrogens with one attached hydrogen (secondary N) is 1. The SMILES string of the molecule is Cc1ccccc1/C=N/n1c(-c2ccccc2F)n[nH]c1=S. The van der Waals surface area contributed by atoms with E-state index in [1.807, 2.05) is 31.2 Å². The highest BCUT2D eigenvalue weighted by Gasteiger charge is 2.12. The molecule has 110 valence electrons. The van der Waals surface area contributed by atoms with Gasteiger partial charge >= 0.3 is 0 Å². The van der Waals surface area contributed by atoms with Crippen LogP contribution in [0.25, 0.3) is 11.4 Å². The van der Waals surface area contributed by atoms with E-state index in [4.69, 9.17) is 12.2 Å². The molecule has 22 heavy (non-hydrogen) atoms. The molecule has 1 heterocycles. The van der Waals surface area contributed by atoms with Crippen LogP contribution in [0.2, 0.25) is 0 Å². The van der Waals surface area contributed by atoms with Crippen LogP contribution in [0.4, 0.5) is 4.39 Å². The lowest BCUT2D eigenvalue weighted by Crippen LogP contribution is -1.97. The Morgan fingerprint density at radius 3 is 2.68 bits per heavy atom. The number of rotatable bonds is 3. The van der Waals surface area contributed by atoms with Gasteiger partial charge in [0.15, 0.2) is 5.82 Å². The molecule has 0 aliphatic rings. The Kier molecular flexibility index (Phi) is 3.93. The zero-order chi connectivity index (χ0) is 15.5. The molecule has 0 bridgehead atoms. The van der Waals surface area contributed by atoms with Gasteiger partial charge in [-0.1, -0.05) is 36.4 Å². The van der Waals surface area contributed by atoms with Gasteiger partial charge in [-0.05, 0) is 42.4 Å². The fourth-order valence-corrected chi connectivity index (χ4v) is 2.25. The van der Waals surface area contributed by atoms with E-state index in [9.17, 15) is 4.39 Å². The van der Waals surface area contributed by atoms with Gasteiger partial charge in [-0.25, -0.2) is 9.49 Å². The zero-order valence-corrected chi connectivity index (χ0v) is 12.6. The van der Waals surface area contributed by atoms with Crippen LogP contribution in [-0.4, -0.2) is 21.1 Å². The molecule has 0 unspecified atom stereocenters. The summed E-state index contributed by atoms with van der Waals surface area (Å²) in [5.41, 5.74) is 2.40. The molecule has 0 radical (unpaired) electrons. The van der Waals surface area contributed by atoms with Crippen molar-refractivity contribution in [2.24, 2.45) is 5.10 Å². The van der Waals surface area contributed by atoms with Crippen LogP contribution in [0.15, 0.2) is 53.6 Å². The largest absolute Gasteiger partial charge is 0.250 e. The molecule has 4 nitrogen and oxygen atoms in total. The zero-order valence-electron chi connectivity index (χ0n) is 11.8. The molecule has 1 N–H and O–H groups in total. The van der Waals surface area contributed by atoms with Gasteiger partial charge in [0.1, 0.15) is 5.82 Å². The number of nitrogens with zero attached hydrogens (tertiary/aromatic N) is 3. The molecule has 3 rings (SSSR count). The Hall–Kier alpha value is -2.60. The van der Waals surface area contributed by atoms with Crippen LogP contribution in [-0.2, 0) is 0 Å². The number of benzene rings is 2. The topological polar surface area (TPSA) is 46.0 Å². The minimum Gasteiger partial charge on any atom is -0.250 e. The van der Waals surface area contributed by atoms with Crippen LogP contribution in [0.5, 0.6) is 0 Å². The number of aromatic amines is 1. The van der Waals surface area contributed by atoms with Crippen LogP contribution in [0, 0.1) is 17.5 Å². The molecule has 0 saturated heterocycles. The Balaban J connectivity index is 2.06. The number of hydrogen-bond donors (Lipinski definition) is 1. The third-order valence-corrected chi connectivity index (χ3v) is 3.53. The molecule has 0 aliphatic heterocycles. The van der Waals surface area contributed by atoms with Gasteiger partial charge < -0.3 is 0 Å². The third kappa shape index (κ3) is 2.73. The minimum absolute atomic E-state index is 0.308. The lowest BCUT2D eigenvalue weighted by atomic mass is 10.1. The number of aromatic nitrogens is 3. The first-order valence-corrected chi connectivity index (χ1v) is 7.10. The first-order valence-electron chi connectivity index (χ1n) is 6.69. The van der Waals surface area contributed by atoms with E-state index in [0.29, 0.717) is 16.2 Å². The maximum absolute atomic E-state index is 13.9. The van der Waals surface area contributed by atoms with Crippen LogP contribution >= 0.6 is 12.2 Å². The molecule has 6 heteroatoms. The van der Waals surface area contributed by atoms with Crippen molar-refractivity contribution in [1.82, 2.24) is 14.9 Å². The highest BCUT2D eigenvalue weighted by Crippen LogP contribution is 2.20. The van der Waals surface area contributed by atoms with Crippen molar-refractivity contribution in [2.45, 2.75) is 6.92 Å². The second-order valence-electron chi connectivity index (χ2n) is 4.75. The Morgan fingerprint density at radius 2 is 1.91 bits per heavy atom. The van der Waals surface area contributed by atoms with E-state index in [-0.39, 0.29) is 5.82 Å². The van der Waals surface area contributed by atoms with Crippen molar-refractivity contribution in [1.29, 1.82) is 0 Å². The fourth-order valence-electron chi connectivity index (χ4n) is 2.07. The van der Waals surface area contributed by atoms with Crippen molar-refractivity contribution in [2.75, 3.05) is 0 Å². The van der Waals surface area contributed by atoms with Gasteiger partial charge in [-0.2, -0.15) is 14.9 Å². The van der Waals surface area contributed by atoms with E-state index in [2.05, 4.69) is 15.3 Å². The second kappa shape index (κ2) is 6.03. The van der Waals surface area contributed by atoms with Crippen molar-refractivity contribution >= 4 is 18.4 Å². The molecule has 0 fully saturated rings. The lowest BCUT2D eigenvalue weighted by molar-refractivity contribution is 0.628. The minimum atomic E-state index is -0.371. The fraction of sp³-hybridized carbons (Fsp3) is 0.0625. The van der Waals surface area contributed by atoms with Crippen molar-refractivity contribution in [3.05, 3.63) is 70.2 Å². The van der Waals surface area contributed by atoms with Gasteiger partial charge in [-0.15, -0.1) is 0 Å². The van der Waals surface area contributed by atoms with Crippen LogP contribution in [0.1, 0.15) is 11.1 Å². The summed E-state index contributed by atoms with van der Waals surface area (Å²) in [7, 11) is 0. The Morgan fingerprint density at radius 1 is 1.18 bits per heavy atom. The highest BCUT2D eigenvalue weighted by atomic mass is 32.1. The van der Waals surface area contributed by atoms with Crippen LogP contribution in [0.3, 0.4) is 0 Å². The number of aryl methyl sites for hydroxylation is 1. The second-order valence-corrected chi connectivity index (χ2v) is 5.13. The van der Waals surface area contributed by atoms with Crippen LogP contribution < -0.4 is 0 Å². The molecule has 0 aliphatic carbocycles. The smallest absolute Gasteiger partial charge is 0.216 e. The van der Waals surface area contributed by atoms with Gasteiger partial charge in [0, 0.05) is 0 Å². The Bertz CT molecular complexity index is 895. The van der Waals surface area contributed by atoms with Crippen molar-refractivity contribution in [3.63, 3.8) is 0 Å². The summed E-state index contributed by atoms with van der Waals surface area (Å²) in [4.78, 5) is 0. The first kappa shape index (κ1) is 14.3. The molecule has 0 amide bonds. The standard InChI is InChI=1S/C16H13FN4S/c1-11-6-2-3-7-12(11)10-18-21-15(19-20-16(21)22)13-8-4-5-9-14(13)17/h2-10H,1H3,(H,20,22)/b18-10+. The normalized spacial score (nSPS) is 11.2. The van der Waals surface area contributed by atoms with Crippen molar-refractivity contribution < 1.29 is 4.39 Å². The number of hydrogen-bond acceptors (Lipinski definition) is 3. The average Bonchev–Trinajstić information content (AvgIpc) is 2.88. The summed E-state index contributed by atoms with van der Waals surface area (Å²) in [6.07, 6.45) is 1.69. The summed E-state index contributed by atoms with van der Waals surface area (Å²) in [5, 5.41) is 11.1. The van der Waals surface area contributed by atoms with E-state index in [1.165, 1.54) is 10.7 Å². The maximum atomic E-state index is 13.9. The quantitative estimate of drug-likeness (QED) is 0.588.